The van der Waals surface area contributed by atoms with E-state index in [0.29, 0.717) is 12.0 Å². The summed E-state index contributed by atoms with van der Waals surface area (Å²) in [6, 6.07) is 0. The van der Waals surface area contributed by atoms with Gasteiger partial charge < -0.3 is 15.0 Å². The van der Waals surface area contributed by atoms with Crippen LogP contribution in [0.1, 0.15) is 55.1 Å². The summed E-state index contributed by atoms with van der Waals surface area (Å²) < 4.78 is 6.30. The molecule has 0 saturated carbocycles. The highest BCUT2D eigenvalue weighted by Crippen LogP contribution is 2.35. The number of hydrogen-bond donors (Lipinski definition) is 1. The number of carbonyl (C=O) groups is 3. The van der Waals surface area contributed by atoms with Crippen molar-refractivity contribution in [3.8, 4) is 0 Å². The molecule has 0 aliphatic rings. The van der Waals surface area contributed by atoms with Gasteiger partial charge in [-0.1, -0.05) is 6.92 Å². The molecule has 162 valence electrons. The molecule has 0 aliphatic carbocycles. The predicted molar refractivity (Wildman–Crippen MR) is 110 cm³/mol. The predicted octanol–water partition coefficient (Wildman–Crippen LogP) is 2.53. The molecule has 1 N–H and O–H groups in total. The SMILES string of the molecule is CCCOC(=O)c1c(NC(=O)c2c([N+](=O)[O-])c(C)nn2C)sc(C(=O)N(C)C)c1C. The third-order valence-corrected chi connectivity index (χ3v) is 5.40. The molecule has 2 aromatic heterocycles. The normalized spacial score (nSPS) is 10.6. The molecule has 0 bridgehead atoms. The molecule has 2 rings (SSSR count). The number of esters is 1. The third kappa shape index (κ3) is 4.32. The molecule has 0 aromatic carbocycles. The number of carbonyl (C=O) groups excluding carboxylic acids is 3. The number of nitrogens with zero attached hydrogens (tertiary/aromatic N) is 4. The summed E-state index contributed by atoms with van der Waals surface area (Å²) >= 11 is 0.911. The summed E-state index contributed by atoms with van der Waals surface area (Å²) in [5.74, 6) is -1.85. The molecule has 0 aliphatic heterocycles. The minimum Gasteiger partial charge on any atom is -0.462 e. The summed E-state index contributed by atoms with van der Waals surface area (Å²) in [4.78, 5) is 50.3. The van der Waals surface area contributed by atoms with Crippen LogP contribution in [0.3, 0.4) is 0 Å². The summed E-state index contributed by atoms with van der Waals surface area (Å²) in [6.45, 7) is 5.01. The summed E-state index contributed by atoms with van der Waals surface area (Å²) in [7, 11) is 4.54. The van der Waals surface area contributed by atoms with E-state index < -0.39 is 22.5 Å². The smallest absolute Gasteiger partial charge is 0.341 e. The van der Waals surface area contributed by atoms with Crippen molar-refractivity contribution < 1.29 is 24.0 Å². The zero-order valence-electron chi connectivity index (χ0n) is 17.6. The van der Waals surface area contributed by atoms with Gasteiger partial charge in [0.25, 0.3) is 11.8 Å². The molecule has 0 radical (unpaired) electrons. The van der Waals surface area contributed by atoms with E-state index in [1.807, 2.05) is 6.92 Å². The van der Waals surface area contributed by atoms with Crippen LogP contribution in [0.5, 0.6) is 0 Å². The quantitative estimate of drug-likeness (QED) is 0.399. The van der Waals surface area contributed by atoms with Gasteiger partial charge in [0.1, 0.15) is 10.7 Å². The van der Waals surface area contributed by atoms with E-state index in [-0.39, 0.29) is 39.3 Å². The van der Waals surface area contributed by atoms with Crippen molar-refractivity contribution >= 4 is 39.8 Å². The fourth-order valence-electron chi connectivity index (χ4n) is 2.80. The Morgan fingerprint density at radius 2 is 1.93 bits per heavy atom. The second kappa shape index (κ2) is 9.03. The molecule has 2 amide bonds. The van der Waals surface area contributed by atoms with E-state index in [2.05, 4.69) is 10.4 Å². The minimum atomic E-state index is -0.820. The molecule has 11 nitrogen and oxygen atoms in total. The Morgan fingerprint density at radius 3 is 2.47 bits per heavy atom. The lowest BCUT2D eigenvalue weighted by atomic mass is 10.1. The lowest BCUT2D eigenvalue weighted by molar-refractivity contribution is -0.385. The van der Waals surface area contributed by atoms with Gasteiger partial charge in [0, 0.05) is 21.1 Å². The van der Waals surface area contributed by atoms with Gasteiger partial charge in [-0.05, 0) is 25.8 Å². The zero-order chi connectivity index (χ0) is 22.7. The lowest BCUT2D eigenvalue weighted by Crippen LogP contribution is -2.21. The lowest BCUT2D eigenvalue weighted by Gasteiger charge is -2.09. The highest BCUT2D eigenvalue weighted by molar-refractivity contribution is 7.18. The number of aryl methyl sites for hydroxylation is 2. The van der Waals surface area contributed by atoms with Crippen LogP contribution >= 0.6 is 11.3 Å². The van der Waals surface area contributed by atoms with Gasteiger partial charge in [-0.25, -0.2) is 4.79 Å². The average molecular weight is 437 g/mol. The Morgan fingerprint density at radius 1 is 1.30 bits per heavy atom. The number of nitro groups is 1. The number of nitrogens with one attached hydrogen (secondary N) is 1. The first-order chi connectivity index (χ1) is 14.0. The van der Waals surface area contributed by atoms with Gasteiger partial charge in [-0.3, -0.25) is 24.4 Å². The molecule has 12 heteroatoms. The van der Waals surface area contributed by atoms with Crippen LogP contribution in [0.25, 0.3) is 0 Å². The van der Waals surface area contributed by atoms with Crippen LogP contribution in [-0.2, 0) is 11.8 Å². The topological polar surface area (TPSA) is 137 Å². The van der Waals surface area contributed by atoms with Gasteiger partial charge in [-0.2, -0.15) is 5.10 Å². The Bertz CT molecular complexity index is 1020. The summed E-state index contributed by atoms with van der Waals surface area (Å²) in [6.07, 6.45) is 0.598. The summed E-state index contributed by atoms with van der Waals surface area (Å²) in [5.41, 5.74) is -0.194. The average Bonchev–Trinajstić information content (AvgIpc) is 3.14. The molecule has 2 aromatic rings. The second-order valence-corrected chi connectivity index (χ2v) is 7.73. The van der Waals surface area contributed by atoms with Crippen LogP contribution < -0.4 is 5.32 Å². The van der Waals surface area contributed by atoms with E-state index >= 15 is 0 Å². The highest BCUT2D eigenvalue weighted by atomic mass is 32.1. The fraction of sp³-hybridized carbons (Fsp3) is 0.444. The zero-order valence-corrected chi connectivity index (χ0v) is 18.4. The van der Waals surface area contributed by atoms with Crippen molar-refractivity contribution in [3.63, 3.8) is 0 Å². The third-order valence-electron chi connectivity index (χ3n) is 4.20. The Hall–Kier alpha value is -3.28. The van der Waals surface area contributed by atoms with Crippen molar-refractivity contribution in [2.24, 2.45) is 7.05 Å². The molecule has 2 heterocycles. The van der Waals surface area contributed by atoms with Gasteiger partial charge in [0.2, 0.25) is 5.69 Å². The Balaban J connectivity index is 2.54. The number of anilines is 1. The van der Waals surface area contributed by atoms with Crippen LogP contribution in [0, 0.1) is 24.0 Å². The molecule has 0 fully saturated rings. The number of amides is 2. The number of thiophene rings is 1. The molecule has 0 unspecified atom stereocenters. The largest absolute Gasteiger partial charge is 0.462 e. The van der Waals surface area contributed by atoms with E-state index in [1.165, 1.54) is 18.9 Å². The highest BCUT2D eigenvalue weighted by Gasteiger charge is 2.32. The van der Waals surface area contributed by atoms with Gasteiger partial charge in [0.15, 0.2) is 0 Å². The van der Waals surface area contributed by atoms with E-state index in [1.54, 1.807) is 21.0 Å². The maximum Gasteiger partial charge on any atom is 0.341 e. The van der Waals surface area contributed by atoms with Crippen LogP contribution in [-0.4, -0.2) is 58.1 Å². The monoisotopic (exact) mass is 437 g/mol. The maximum absolute atomic E-state index is 12.9. The van der Waals surface area contributed by atoms with Gasteiger partial charge >= 0.3 is 11.7 Å². The molecule has 0 spiro atoms. The Kier molecular flexibility index (Phi) is 6.92. The first-order valence-corrected chi connectivity index (χ1v) is 9.84. The molecular weight excluding hydrogens is 414 g/mol. The van der Waals surface area contributed by atoms with Gasteiger partial charge in [-0.15, -0.1) is 11.3 Å². The van der Waals surface area contributed by atoms with Crippen LogP contribution in [0.4, 0.5) is 10.7 Å². The molecule has 30 heavy (non-hydrogen) atoms. The van der Waals surface area contributed by atoms with Crippen molar-refractivity contribution in [3.05, 3.63) is 37.5 Å². The molecular formula is C18H23N5O6S. The van der Waals surface area contributed by atoms with Crippen LogP contribution in [0.15, 0.2) is 0 Å². The fourth-order valence-corrected chi connectivity index (χ4v) is 4.02. The Labute approximate surface area is 176 Å². The number of aromatic nitrogens is 2. The second-order valence-electron chi connectivity index (χ2n) is 6.71. The molecule has 0 saturated heterocycles. The summed E-state index contributed by atoms with van der Waals surface area (Å²) in [5, 5.41) is 17.9. The first kappa shape index (κ1) is 23.0. The van der Waals surface area contributed by atoms with E-state index in [4.69, 9.17) is 4.74 Å². The maximum atomic E-state index is 12.9. The number of ether oxygens (including phenoxy) is 1. The minimum absolute atomic E-state index is 0.0496. The standard InChI is InChI=1S/C18H23N5O6S/c1-7-8-29-18(26)11-9(2)14(17(25)21(4)5)30-16(11)19-15(24)13-12(23(27)28)10(3)20-22(13)6/h7-8H2,1-6H3,(H,19,24). The van der Waals surface area contributed by atoms with Crippen molar-refractivity contribution in [1.29, 1.82) is 0 Å². The van der Waals surface area contributed by atoms with Crippen molar-refractivity contribution in [2.45, 2.75) is 27.2 Å². The van der Waals surface area contributed by atoms with E-state index in [9.17, 15) is 24.5 Å². The van der Waals surface area contributed by atoms with Gasteiger partial charge in [0.05, 0.1) is 22.0 Å². The van der Waals surface area contributed by atoms with Crippen molar-refractivity contribution in [2.75, 3.05) is 26.0 Å². The van der Waals surface area contributed by atoms with E-state index in [0.717, 1.165) is 16.0 Å². The van der Waals surface area contributed by atoms with Crippen LogP contribution in [0.2, 0.25) is 0 Å². The molecule has 0 atom stereocenters. The number of rotatable bonds is 7. The number of hydrogen-bond acceptors (Lipinski definition) is 8. The van der Waals surface area contributed by atoms with Crippen molar-refractivity contribution in [1.82, 2.24) is 14.7 Å². The first-order valence-electron chi connectivity index (χ1n) is 9.02.